The molecule has 0 heterocycles. The lowest BCUT2D eigenvalue weighted by Crippen LogP contribution is -2.35. The first kappa shape index (κ1) is 15.5. The van der Waals surface area contributed by atoms with E-state index >= 15 is 0 Å². The van der Waals surface area contributed by atoms with E-state index in [0.717, 1.165) is 38.8 Å². The molecule has 1 rings (SSSR count). The first-order valence-electron chi connectivity index (χ1n) is 7.33. The first-order chi connectivity index (χ1) is 8.58. The Morgan fingerprint density at radius 3 is 2.44 bits per heavy atom. The molecule has 0 aromatic carbocycles. The van der Waals surface area contributed by atoms with Crippen molar-refractivity contribution in [3.63, 3.8) is 0 Å². The topological polar surface area (TPSA) is 12.5 Å². The fraction of sp³-hybridized carbons (Fsp3) is 0.750. The van der Waals surface area contributed by atoms with Crippen LogP contribution in [-0.4, -0.2) is 24.3 Å². The summed E-state index contributed by atoms with van der Waals surface area (Å²) >= 11 is 0. The van der Waals surface area contributed by atoms with Crippen molar-refractivity contribution in [3.05, 3.63) is 24.3 Å². The van der Waals surface area contributed by atoms with Gasteiger partial charge < -0.3 is 0 Å². The molecule has 1 fully saturated rings. The van der Waals surface area contributed by atoms with Crippen LogP contribution in [0.4, 0.5) is 0 Å². The highest BCUT2D eigenvalue weighted by Gasteiger charge is 2.27. The van der Waals surface area contributed by atoms with E-state index in [4.69, 9.17) is 4.84 Å². The highest BCUT2D eigenvalue weighted by molar-refractivity contribution is 5.11. The quantitative estimate of drug-likeness (QED) is 0.493. The van der Waals surface area contributed by atoms with Crippen molar-refractivity contribution in [2.24, 2.45) is 5.92 Å². The van der Waals surface area contributed by atoms with Crippen molar-refractivity contribution < 1.29 is 4.84 Å². The lowest BCUT2D eigenvalue weighted by Gasteiger charge is -2.34. The Morgan fingerprint density at radius 2 is 1.94 bits per heavy atom. The maximum absolute atomic E-state index is 6.16. The molecule has 0 spiro atoms. The highest BCUT2D eigenvalue weighted by atomic mass is 16.7. The van der Waals surface area contributed by atoms with Crippen molar-refractivity contribution in [2.45, 2.75) is 59.0 Å². The number of hydroxylamine groups is 2. The monoisotopic (exact) mass is 251 g/mol. The molecule has 0 bridgehead atoms. The van der Waals surface area contributed by atoms with Gasteiger partial charge in [-0.05, 0) is 50.5 Å². The number of hydrogen-bond acceptors (Lipinski definition) is 2. The second-order valence-electron chi connectivity index (χ2n) is 5.50. The molecule has 0 saturated heterocycles. The zero-order valence-corrected chi connectivity index (χ0v) is 12.4. The zero-order chi connectivity index (χ0) is 13.5. The van der Waals surface area contributed by atoms with Gasteiger partial charge in [0, 0.05) is 13.1 Å². The van der Waals surface area contributed by atoms with Crippen molar-refractivity contribution in [1.82, 2.24) is 5.06 Å². The summed E-state index contributed by atoms with van der Waals surface area (Å²) in [5.74, 6) is 0.602. The van der Waals surface area contributed by atoms with Gasteiger partial charge in [0.05, 0.1) is 0 Å². The number of nitrogens with zero attached hydrogens (tertiary/aromatic N) is 1. The molecule has 0 aromatic rings. The van der Waals surface area contributed by atoms with Crippen LogP contribution in [0.3, 0.4) is 0 Å². The summed E-state index contributed by atoms with van der Waals surface area (Å²) in [7, 11) is 0. The molecule has 0 N–H and O–H groups in total. The van der Waals surface area contributed by atoms with Gasteiger partial charge in [0.1, 0.15) is 6.10 Å². The van der Waals surface area contributed by atoms with Gasteiger partial charge in [0.15, 0.2) is 0 Å². The molecule has 1 aliphatic carbocycles. The Hall–Kier alpha value is -0.600. The molecule has 1 aliphatic rings. The molecule has 18 heavy (non-hydrogen) atoms. The molecule has 0 aromatic heterocycles. The lowest BCUT2D eigenvalue weighted by molar-refractivity contribution is -0.193. The Kier molecular flexibility index (Phi) is 6.66. The van der Waals surface area contributed by atoms with Gasteiger partial charge >= 0.3 is 0 Å². The number of allylic oxidation sites excluding steroid dienone is 1. The number of rotatable bonds is 7. The molecule has 2 heteroatoms. The molecular formula is C16H29NO. The van der Waals surface area contributed by atoms with Crippen molar-refractivity contribution >= 4 is 0 Å². The van der Waals surface area contributed by atoms with E-state index in [-0.39, 0.29) is 6.10 Å². The van der Waals surface area contributed by atoms with Gasteiger partial charge in [0.25, 0.3) is 0 Å². The third kappa shape index (κ3) is 4.58. The van der Waals surface area contributed by atoms with E-state index in [1.807, 2.05) is 0 Å². The second-order valence-corrected chi connectivity index (χ2v) is 5.50. The molecule has 1 saturated carbocycles. The largest absolute Gasteiger partial charge is 0.291 e. The smallest absolute Gasteiger partial charge is 0.101 e. The van der Waals surface area contributed by atoms with E-state index in [2.05, 4.69) is 39.0 Å². The molecule has 0 amide bonds. The van der Waals surface area contributed by atoms with Crippen LogP contribution in [-0.2, 0) is 4.84 Å². The summed E-state index contributed by atoms with van der Waals surface area (Å²) in [6, 6.07) is 0. The zero-order valence-electron chi connectivity index (χ0n) is 12.4. The predicted molar refractivity (Wildman–Crippen MR) is 78.3 cm³/mol. The molecule has 1 unspecified atom stereocenters. The average Bonchev–Trinajstić information content (AvgIpc) is 2.32. The SMILES string of the molecule is C=C1CC[C@H](C(=C)C)CC1ON(CCC)CCC. The van der Waals surface area contributed by atoms with Gasteiger partial charge in [-0.3, -0.25) is 4.84 Å². The molecule has 2 nitrogen and oxygen atoms in total. The summed E-state index contributed by atoms with van der Waals surface area (Å²) < 4.78 is 0. The van der Waals surface area contributed by atoms with E-state index in [1.54, 1.807) is 0 Å². The van der Waals surface area contributed by atoms with Crippen molar-refractivity contribution in [1.29, 1.82) is 0 Å². The molecule has 0 radical (unpaired) electrons. The van der Waals surface area contributed by atoms with Gasteiger partial charge in [-0.2, -0.15) is 5.06 Å². The molecule has 0 aliphatic heterocycles. The fourth-order valence-electron chi connectivity index (χ4n) is 2.52. The number of hydrogen-bond donors (Lipinski definition) is 0. The average molecular weight is 251 g/mol. The van der Waals surface area contributed by atoms with Gasteiger partial charge in [-0.15, -0.1) is 0 Å². The summed E-state index contributed by atoms with van der Waals surface area (Å²) in [6.45, 7) is 16.8. The second kappa shape index (κ2) is 7.75. The minimum Gasteiger partial charge on any atom is -0.291 e. The van der Waals surface area contributed by atoms with E-state index in [1.165, 1.54) is 17.6 Å². The minimum atomic E-state index is 0.193. The van der Waals surface area contributed by atoms with Crippen LogP contribution in [0.5, 0.6) is 0 Å². The van der Waals surface area contributed by atoms with Gasteiger partial charge in [0.2, 0.25) is 0 Å². The van der Waals surface area contributed by atoms with E-state index < -0.39 is 0 Å². The maximum atomic E-state index is 6.16. The normalized spacial score (nSPS) is 24.6. The summed E-state index contributed by atoms with van der Waals surface area (Å²) in [6.07, 6.45) is 5.77. The minimum absolute atomic E-state index is 0.193. The Bertz CT molecular complexity index is 279. The third-order valence-electron chi connectivity index (χ3n) is 3.69. The Morgan fingerprint density at radius 1 is 1.33 bits per heavy atom. The van der Waals surface area contributed by atoms with Crippen molar-refractivity contribution in [2.75, 3.05) is 13.1 Å². The first-order valence-corrected chi connectivity index (χ1v) is 7.33. The summed E-state index contributed by atoms with van der Waals surface area (Å²) in [4.78, 5) is 6.16. The Labute approximate surface area is 113 Å². The molecule has 104 valence electrons. The van der Waals surface area contributed by atoms with Crippen molar-refractivity contribution in [3.8, 4) is 0 Å². The summed E-state index contributed by atoms with van der Waals surface area (Å²) in [5.41, 5.74) is 2.54. The highest BCUT2D eigenvalue weighted by Crippen LogP contribution is 2.33. The van der Waals surface area contributed by atoms with Crippen LogP contribution < -0.4 is 0 Å². The van der Waals surface area contributed by atoms with E-state index in [9.17, 15) is 0 Å². The van der Waals surface area contributed by atoms with Crippen LogP contribution in [0.25, 0.3) is 0 Å². The van der Waals surface area contributed by atoms with E-state index in [0.29, 0.717) is 5.92 Å². The third-order valence-corrected chi connectivity index (χ3v) is 3.69. The fourth-order valence-corrected chi connectivity index (χ4v) is 2.52. The van der Waals surface area contributed by atoms with Crippen LogP contribution in [0, 0.1) is 5.92 Å². The van der Waals surface area contributed by atoms with Crippen LogP contribution >= 0.6 is 0 Å². The van der Waals surface area contributed by atoms with Crippen LogP contribution in [0.2, 0.25) is 0 Å². The van der Waals surface area contributed by atoms with Crippen LogP contribution in [0.1, 0.15) is 52.9 Å². The predicted octanol–water partition coefficient (Wildman–Crippen LogP) is 4.34. The van der Waals surface area contributed by atoms with Gasteiger partial charge in [-0.1, -0.05) is 32.6 Å². The molecule has 2 atom stereocenters. The van der Waals surface area contributed by atoms with Gasteiger partial charge in [-0.25, -0.2) is 0 Å². The molecular weight excluding hydrogens is 222 g/mol. The lowest BCUT2D eigenvalue weighted by atomic mass is 9.81. The van der Waals surface area contributed by atoms with Crippen LogP contribution in [0.15, 0.2) is 24.3 Å². The maximum Gasteiger partial charge on any atom is 0.101 e. The summed E-state index contributed by atoms with van der Waals surface area (Å²) in [5, 5.41) is 2.12. The Balaban J connectivity index is 2.55. The standard InChI is InChI=1S/C16H29NO/c1-6-10-17(11-7-2)18-16-12-15(13(3)4)9-8-14(16)5/h15-16H,3,5-12H2,1-2,4H3/t15-,16?/m0/s1.